The van der Waals surface area contributed by atoms with Gasteiger partial charge in [0.1, 0.15) is 24.0 Å². The number of aliphatic imine (C=N–C) groups is 1. The lowest BCUT2D eigenvalue weighted by molar-refractivity contribution is 0.228. The number of guanidine groups is 1. The number of hydrogen-bond donors (Lipinski definition) is 3. The van der Waals surface area contributed by atoms with Gasteiger partial charge in [0.2, 0.25) is 0 Å². The molecular weight excluding hydrogens is 507 g/mol. The summed E-state index contributed by atoms with van der Waals surface area (Å²) in [5, 5.41) is 15.1. The molecule has 1 unspecified atom stereocenters. The number of rotatable bonds is 9. The van der Waals surface area contributed by atoms with Gasteiger partial charge in [0.25, 0.3) is 0 Å². The molecule has 1 atom stereocenters. The maximum absolute atomic E-state index is 6.00. The third-order valence-electron chi connectivity index (χ3n) is 4.51. The molecule has 9 nitrogen and oxygen atoms in total. The highest BCUT2D eigenvalue weighted by Crippen LogP contribution is 2.18. The normalized spacial score (nSPS) is 12.2. The molecule has 3 rings (SSSR count). The van der Waals surface area contributed by atoms with E-state index in [-0.39, 0.29) is 30.1 Å². The Morgan fingerprint density at radius 1 is 1.19 bits per heavy atom. The van der Waals surface area contributed by atoms with E-state index in [0.717, 1.165) is 40.7 Å². The molecule has 0 spiro atoms. The number of nitrogens with one attached hydrogen (secondary N) is 3. The lowest BCUT2D eigenvalue weighted by Gasteiger charge is -2.16. The molecule has 0 aliphatic carbocycles. The second kappa shape index (κ2) is 12.3. The van der Waals surface area contributed by atoms with Gasteiger partial charge >= 0.3 is 0 Å². The van der Waals surface area contributed by atoms with E-state index in [1.165, 1.54) is 0 Å². The van der Waals surface area contributed by atoms with Crippen LogP contribution in [0.15, 0.2) is 41.8 Å². The average Bonchev–Trinajstić information content (AvgIpc) is 3.12. The fourth-order valence-electron chi connectivity index (χ4n) is 2.97. The predicted octanol–water partition coefficient (Wildman–Crippen LogP) is 2.72. The number of aryl methyl sites for hydroxylation is 2. The van der Waals surface area contributed by atoms with Gasteiger partial charge in [-0.25, -0.2) is 15.0 Å². The molecule has 0 radical (unpaired) electrons. The van der Waals surface area contributed by atoms with Crippen molar-refractivity contribution in [1.82, 2.24) is 30.4 Å². The molecule has 0 bridgehead atoms. The number of para-hydroxylation sites is 1. The van der Waals surface area contributed by atoms with Gasteiger partial charge in [-0.3, -0.25) is 4.68 Å². The SMILES string of the molecule is CCNC(=NCC(C)Oc1ccccc1C)NCCNc1ncnc2c1cnn2C.I. The van der Waals surface area contributed by atoms with E-state index in [4.69, 9.17) is 4.74 Å². The van der Waals surface area contributed by atoms with Crippen LogP contribution in [-0.2, 0) is 7.05 Å². The first-order valence-electron chi connectivity index (χ1n) is 10.2. The molecule has 31 heavy (non-hydrogen) atoms. The highest BCUT2D eigenvalue weighted by Gasteiger charge is 2.08. The number of hydrogen-bond acceptors (Lipinski definition) is 6. The molecular formula is C21H31IN8O. The van der Waals surface area contributed by atoms with Crippen molar-refractivity contribution in [3.05, 3.63) is 42.4 Å². The van der Waals surface area contributed by atoms with Crippen molar-refractivity contribution in [3.8, 4) is 5.75 Å². The number of nitrogens with zero attached hydrogens (tertiary/aromatic N) is 5. The summed E-state index contributed by atoms with van der Waals surface area (Å²) in [5.41, 5.74) is 1.93. The molecule has 2 heterocycles. The van der Waals surface area contributed by atoms with Gasteiger partial charge in [0.15, 0.2) is 11.6 Å². The Morgan fingerprint density at radius 3 is 2.77 bits per heavy atom. The molecule has 0 aliphatic heterocycles. The molecule has 3 aromatic rings. The van der Waals surface area contributed by atoms with Crippen LogP contribution < -0.4 is 20.7 Å². The van der Waals surface area contributed by atoms with E-state index in [9.17, 15) is 0 Å². The lowest BCUT2D eigenvalue weighted by Crippen LogP contribution is -2.40. The Kier molecular flexibility index (Phi) is 9.76. The topological polar surface area (TPSA) is 101 Å². The third-order valence-corrected chi connectivity index (χ3v) is 4.51. The van der Waals surface area contributed by atoms with Crippen LogP contribution in [0.4, 0.5) is 5.82 Å². The van der Waals surface area contributed by atoms with Gasteiger partial charge < -0.3 is 20.7 Å². The Hall–Kier alpha value is -2.63. The van der Waals surface area contributed by atoms with Gasteiger partial charge in [-0.1, -0.05) is 18.2 Å². The maximum atomic E-state index is 6.00. The summed E-state index contributed by atoms with van der Waals surface area (Å²) in [5.74, 6) is 2.43. The summed E-state index contributed by atoms with van der Waals surface area (Å²) in [6, 6.07) is 8.01. The van der Waals surface area contributed by atoms with Gasteiger partial charge in [-0.15, -0.1) is 24.0 Å². The van der Waals surface area contributed by atoms with Crippen LogP contribution in [0, 0.1) is 6.92 Å². The molecule has 0 saturated carbocycles. The standard InChI is InChI=1S/C21H30N8O.HI/c1-5-22-21(25-12-16(3)30-18-9-7-6-8-15(18)2)24-11-10-23-19-17-13-28-29(4)20(17)27-14-26-19;/h6-9,13-14,16H,5,10-12H2,1-4H3,(H2,22,24,25)(H,23,26,27);1H. The average molecular weight is 538 g/mol. The quantitative estimate of drug-likeness (QED) is 0.167. The van der Waals surface area contributed by atoms with Crippen LogP contribution in [-0.4, -0.2) is 58.0 Å². The first-order valence-corrected chi connectivity index (χ1v) is 10.2. The fraction of sp³-hybridized carbons (Fsp3) is 0.429. The minimum absolute atomic E-state index is 0. The monoisotopic (exact) mass is 538 g/mol. The Balaban J connectivity index is 0.00000341. The Morgan fingerprint density at radius 2 is 2.00 bits per heavy atom. The summed E-state index contributed by atoms with van der Waals surface area (Å²) in [4.78, 5) is 13.2. The largest absolute Gasteiger partial charge is 0.489 e. The summed E-state index contributed by atoms with van der Waals surface area (Å²) in [6.45, 7) is 8.82. The summed E-state index contributed by atoms with van der Waals surface area (Å²) in [7, 11) is 1.86. The molecule has 10 heteroatoms. The fourth-order valence-corrected chi connectivity index (χ4v) is 2.97. The number of ether oxygens (including phenoxy) is 1. The first-order chi connectivity index (χ1) is 14.6. The zero-order valence-corrected chi connectivity index (χ0v) is 20.8. The van der Waals surface area contributed by atoms with Crippen molar-refractivity contribution < 1.29 is 4.74 Å². The summed E-state index contributed by atoms with van der Waals surface area (Å²) in [6.07, 6.45) is 3.28. The number of benzene rings is 1. The Bertz CT molecular complexity index is 990. The number of anilines is 1. The maximum Gasteiger partial charge on any atom is 0.191 e. The van der Waals surface area contributed by atoms with Crippen LogP contribution in [0.3, 0.4) is 0 Å². The highest BCUT2D eigenvalue weighted by molar-refractivity contribution is 14.0. The molecule has 0 saturated heterocycles. The number of fused-ring (bicyclic) bond motifs is 1. The zero-order valence-electron chi connectivity index (χ0n) is 18.4. The highest BCUT2D eigenvalue weighted by atomic mass is 127. The molecule has 0 aliphatic rings. The van der Waals surface area contributed by atoms with Crippen LogP contribution in [0.2, 0.25) is 0 Å². The predicted molar refractivity (Wildman–Crippen MR) is 135 cm³/mol. The van der Waals surface area contributed by atoms with E-state index >= 15 is 0 Å². The molecule has 168 valence electrons. The van der Waals surface area contributed by atoms with E-state index in [0.29, 0.717) is 19.6 Å². The van der Waals surface area contributed by atoms with Crippen molar-refractivity contribution in [2.45, 2.75) is 26.9 Å². The van der Waals surface area contributed by atoms with Crippen LogP contribution in [0.25, 0.3) is 11.0 Å². The van der Waals surface area contributed by atoms with Crippen molar-refractivity contribution in [3.63, 3.8) is 0 Å². The molecule has 3 N–H and O–H groups in total. The number of aromatic nitrogens is 4. The van der Waals surface area contributed by atoms with Gasteiger partial charge in [-0.2, -0.15) is 5.10 Å². The van der Waals surface area contributed by atoms with Crippen molar-refractivity contribution in [2.24, 2.45) is 12.0 Å². The van der Waals surface area contributed by atoms with Crippen LogP contribution in [0.1, 0.15) is 19.4 Å². The smallest absolute Gasteiger partial charge is 0.191 e. The van der Waals surface area contributed by atoms with Gasteiger partial charge in [0, 0.05) is 26.7 Å². The zero-order chi connectivity index (χ0) is 21.3. The van der Waals surface area contributed by atoms with Crippen LogP contribution in [0.5, 0.6) is 5.75 Å². The van der Waals surface area contributed by atoms with Gasteiger partial charge in [-0.05, 0) is 32.4 Å². The van der Waals surface area contributed by atoms with Crippen molar-refractivity contribution in [1.29, 1.82) is 0 Å². The van der Waals surface area contributed by atoms with Crippen LogP contribution >= 0.6 is 24.0 Å². The van der Waals surface area contributed by atoms with E-state index in [1.54, 1.807) is 17.2 Å². The minimum atomic E-state index is -0.0282. The van der Waals surface area contributed by atoms with E-state index in [1.807, 2.05) is 52.1 Å². The summed E-state index contributed by atoms with van der Waals surface area (Å²) < 4.78 is 7.74. The van der Waals surface area contributed by atoms with E-state index in [2.05, 4.69) is 36.0 Å². The molecule has 0 amide bonds. The third kappa shape index (κ3) is 6.94. The van der Waals surface area contributed by atoms with Crippen molar-refractivity contribution >= 4 is 46.8 Å². The number of halogens is 1. The summed E-state index contributed by atoms with van der Waals surface area (Å²) >= 11 is 0. The van der Waals surface area contributed by atoms with Crippen molar-refractivity contribution in [2.75, 3.05) is 31.5 Å². The first kappa shape index (κ1) is 24.6. The molecule has 2 aromatic heterocycles. The molecule has 0 fully saturated rings. The minimum Gasteiger partial charge on any atom is -0.489 e. The lowest BCUT2D eigenvalue weighted by atomic mass is 10.2. The molecule has 1 aromatic carbocycles. The van der Waals surface area contributed by atoms with Gasteiger partial charge in [0.05, 0.1) is 18.1 Å². The Labute approximate surface area is 200 Å². The second-order valence-electron chi connectivity index (χ2n) is 6.99. The van der Waals surface area contributed by atoms with E-state index < -0.39 is 0 Å². The second-order valence-corrected chi connectivity index (χ2v) is 6.99.